The maximum atomic E-state index is 12.6. The van der Waals surface area contributed by atoms with Crippen molar-refractivity contribution in [3.05, 3.63) is 72.3 Å². The van der Waals surface area contributed by atoms with Gasteiger partial charge in [0, 0.05) is 30.6 Å². The molecule has 0 fully saturated rings. The smallest absolute Gasteiger partial charge is 0.243 e. The summed E-state index contributed by atoms with van der Waals surface area (Å²) in [5.74, 6) is -0.322. The zero-order valence-electron chi connectivity index (χ0n) is 16.2. The Morgan fingerprint density at radius 3 is 2.24 bits per heavy atom. The van der Waals surface area contributed by atoms with E-state index >= 15 is 0 Å². The van der Waals surface area contributed by atoms with E-state index in [-0.39, 0.29) is 23.2 Å². The van der Waals surface area contributed by atoms with Gasteiger partial charge in [0.15, 0.2) is 0 Å². The van der Waals surface area contributed by atoms with Crippen LogP contribution in [-0.4, -0.2) is 38.8 Å². The van der Waals surface area contributed by atoms with Crippen LogP contribution in [-0.2, 0) is 21.2 Å². The lowest BCUT2D eigenvalue weighted by atomic mass is 10.1. The van der Waals surface area contributed by atoms with Gasteiger partial charge in [-0.25, -0.2) is 12.7 Å². The number of halogens is 1. The second-order valence-electron chi connectivity index (χ2n) is 6.73. The zero-order valence-corrected chi connectivity index (χ0v) is 17.8. The van der Waals surface area contributed by atoms with E-state index in [2.05, 4.69) is 5.32 Å². The normalized spacial score (nSPS) is 12.4. The second-order valence-corrected chi connectivity index (χ2v) is 8.85. The Morgan fingerprint density at radius 2 is 1.59 bits per heavy atom. The molecule has 154 valence electrons. The highest BCUT2D eigenvalue weighted by Gasteiger charge is 2.21. The molecule has 0 radical (unpaired) electrons. The average Bonchev–Trinajstić information content (AvgIpc) is 2.68. The summed E-state index contributed by atoms with van der Waals surface area (Å²) in [6, 6.07) is 19.0. The van der Waals surface area contributed by atoms with Crippen molar-refractivity contribution in [2.45, 2.75) is 17.4 Å². The number of hydrogen-bond donors (Lipinski definition) is 2. The number of rotatable bonds is 6. The molecule has 0 aliphatic rings. The summed E-state index contributed by atoms with van der Waals surface area (Å²) in [7, 11) is -0.633. The predicted molar refractivity (Wildman–Crippen MR) is 119 cm³/mol. The van der Waals surface area contributed by atoms with Crippen molar-refractivity contribution >= 4 is 44.8 Å². The lowest BCUT2D eigenvalue weighted by molar-refractivity contribution is -0.117. The van der Waals surface area contributed by atoms with E-state index in [1.54, 1.807) is 36.4 Å². The minimum Gasteiger partial charge on any atom is -0.324 e. The molecule has 0 aliphatic carbocycles. The maximum absolute atomic E-state index is 12.6. The van der Waals surface area contributed by atoms with Gasteiger partial charge in [0.25, 0.3) is 0 Å². The molecule has 8 heteroatoms. The molecule has 29 heavy (non-hydrogen) atoms. The van der Waals surface area contributed by atoms with Crippen LogP contribution in [0.3, 0.4) is 0 Å². The Labute approximate surface area is 177 Å². The van der Waals surface area contributed by atoms with Crippen LogP contribution >= 0.6 is 12.4 Å². The van der Waals surface area contributed by atoms with Gasteiger partial charge in [-0.3, -0.25) is 4.79 Å². The Kier molecular flexibility index (Phi) is 7.37. The first-order chi connectivity index (χ1) is 13.3. The SMILES string of the molecule is CN(C)S(=O)(=O)c1cccc2c(NC(=O)C(N)Cc3ccccc3)cccc12.Cl. The number of carbonyl (C=O) groups is 1. The third-order valence-corrected chi connectivity index (χ3v) is 6.41. The highest BCUT2D eigenvalue weighted by Crippen LogP contribution is 2.30. The molecule has 3 N–H and O–H groups in total. The fraction of sp³-hybridized carbons (Fsp3) is 0.190. The van der Waals surface area contributed by atoms with Gasteiger partial charge in [-0.2, -0.15) is 0 Å². The summed E-state index contributed by atoms with van der Waals surface area (Å²) in [4.78, 5) is 12.8. The van der Waals surface area contributed by atoms with Gasteiger partial charge in [0.05, 0.1) is 10.9 Å². The molecule has 0 saturated heterocycles. The van der Waals surface area contributed by atoms with Crippen LogP contribution in [0, 0.1) is 0 Å². The highest BCUT2D eigenvalue weighted by molar-refractivity contribution is 7.89. The molecular weight excluding hydrogens is 410 g/mol. The largest absolute Gasteiger partial charge is 0.324 e. The number of carbonyl (C=O) groups excluding carboxylic acids is 1. The fourth-order valence-corrected chi connectivity index (χ4v) is 4.10. The van der Waals surface area contributed by atoms with Crippen molar-refractivity contribution in [3.8, 4) is 0 Å². The van der Waals surface area contributed by atoms with E-state index in [9.17, 15) is 13.2 Å². The van der Waals surface area contributed by atoms with Gasteiger partial charge in [-0.1, -0.05) is 54.6 Å². The number of hydrogen-bond acceptors (Lipinski definition) is 4. The molecule has 1 atom stereocenters. The monoisotopic (exact) mass is 433 g/mol. The molecule has 0 aromatic heterocycles. The van der Waals surface area contributed by atoms with Crippen LogP contribution in [0.5, 0.6) is 0 Å². The fourth-order valence-electron chi connectivity index (χ4n) is 3.00. The summed E-state index contributed by atoms with van der Waals surface area (Å²) in [6.07, 6.45) is 0.414. The number of nitrogens with one attached hydrogen (secondary N) is 1. The van der Waals surface area contributed by atoms with Gasteiger partial charge >= 0.3 is 0 Å². The third kappa shape index (κ3) is 4.94. The van der Waals surface area contributed by atoms with Gasteiger partial charge in [0.1, 0.15) is 0 Å². The Balaban J connectivity index is 0.00000300. The number of nitrogens with two attached hydrogens (primary N) is 1. The molecule has 3 rings (SSSR count). The van der Waals surface area contributed by atoms with Crippen LogP contribution in [0.1, 0.15) is 5.56 Å². The summed E-state index contributed by atoms with van der Waals surface area (Å²) in [5.41, 5.74) is 7.57. The standard InChI is InChI=1S/C21H23N3O3S.ClH/c1-24(2)28(26,27)20-13-7-10-16-17(20)11-6-12-19(16)23-21(25)18(22)14-15-8-4-3-5-9-15;/h3-13,18H,14,22H2,1-2H3,(H,23,25);1H. The molecule has 1 unspecified atom stereocenters. The number of anilines is 1. The first kappa shape index (κ1) is 22.8. The molecule has 6 nitrogen and oxygen atoms in total. The van der Waals surface area contributed by atoms with Crippen LogP contribution < -0.4 is 11.1 Å². The predicted octanol–water partition coefficient (Wildman–Crippen LogP) is 3.02. The first-order valence-corrected chi connectivity index (χ1v) is 10.3. The van der Waals surface area contributed by atoms with E-state index in [0.717, 1.165) is 5.56 Å². The number of amides is 1. The van der Waals surface area contributed by atoms with Crippen LogP contribution in [0.15, 0.2) is 71.6 Å². The van der Waals surface area contributed by atoms with Crippen molar-refractivity contribution in [2.24, 2.45) is 5.73 Å². The molecule has 0 heterocycles. The number of sulfonamides is 1. The van der Waals surface area contributed by atoms with E-state index in [1.165, 1.54) is 18.4 Å². The molecule has 0 aliphatic heterocycles. The maximum Gasteiger partial charge on any atom is 0.243 e. The molecule has 1 amide bonds. The van der Waals surface area contributed by atoms with Gasteiger partial charge in [0.2, 0.25) is 15.9 Å². The summed E-state index contributed by atoms with van der Waals surface area (Å²) >= 11 is 0. The molecule has 3 aromatic carbocycles. The van der Waals surface area contributed by atoms with E-state index in [0.29, 0.717) is 22.9 Å². The molecule has 0 saturated carbocycles. The van der Waals surface area contributed by atoms with E-state index in [1.807, 2.05) is 30.3 Å². The van der Waals surface area contributed by atoms with Crippen molar-refractivity contribution < 1.29 is 13.2 Å². The number of fused-ring (bicyclic) bond motifs is 1. The molecular formula is C21H24ClN3O3S. The first-order valence-electron chi connectivity index (χ1n) is 8.85. The quantitative estimate of drug-likeness (QED) is 0.625. The van der Waals surface area contributed by atoms with Crippen LogP contribution in [0.2, 0.25) is 0 Å². The second kappa shape index (κ2) is 9.37. The van der Waals surface area contributed by atoms with Crippen molar-refractivity contribution in [1.29, 1.82) is 0 Å². The third-order valence-electron chi connectivity index (χ3n) is 4.53. The summed E-state index contributed by atoms with van der Waals surface area (Å²) in [6.45, 7) is 0. The molecule has 3 aromatic rings. The molecule has 0 spiro atoms. The summed E-state index contributed by atoms with van der Waals surface area (Å²) in [5, 5.41) is 4.03. The lowest BCUT2D eigenvalue weighted by Gasteiger charge is -2.16. The number of nitrogens with zero attached hydrogens (tertiary/aromatic N) is 1. The zero-order chi connectivity index (χ0) is 20.3. The van der Waals surface area contributed by atoms with Gasteiger partial charge < -0.3 is 11.1 Å². The number of benzene rings is 3. The van der Waals surface area contributed by atoms with E-state index < -0.39 is 16.1 Å². The van der Waals surface area contributed by atoms with Crippen molar-refractivity contribution in [1.82, 2.24) is 4.31 Å². The highest BCUT2D eigenvalue weighted by atomic mass is 35.5. The minimum atomic E-state index is -3.61. The van der Waals surface area contributed by atoms with Gasteiger partial charge in [-0.05, 0) is 24.1 Å². The minimum absolute atomic E-state index is 0. The Morgan fingerprint density at radius 1 is 0.966 bits per heavy atom. The van der Waals surface area contributed by atoms with Crippen LogP contribution in [0.4, 0.5) is 5.69 Å². The van der Waals surface area contributed by atoms with Gasteiger partial charge in [-0.15, -0.1) is 12.4 Å². The topological polar surface area (TPSA) is 92.5 Å². The van der Waals surface area contributed by atoms with Crippen molar-refractivity contribution in [2.75, 3.05) is 19.4 Å². The average molecular weight is 434 g/mol. The van der Waals surface area contributed by atoms with Crippen LogP contribution in [0.25, 0.3) is 10.8 Å². The Hall–Kier alpha value is -2.45. The molecule has 0 bridgehead atoms. The van der Waals surface area contributed by atoms with E-state index in [4.69, 9.17) is 5.73 Å². The van der Waals surface area contributed by atoms with Crippen molar-refractivity contribution in [3.63, 3.8) is 0 Å². The Bertz CT molecular complexity index is 1100. The summed E-state index contributed by atoms with van der Waals surface area (Å²) < 4.78 is 26.4. The lowest BCUT2D eigenvalue weighted by Crippen LogP contribution is -2.37.